The molecular weight excluding hydrogens is 210 g/mol. The molecule has 1 unspecified atom stereocenters. The molecule has 1 atom stereocenters. The number of fused-ring (bicyclic) bond motifs is 1. The monoisotopic (exact) mass is 223 g/mol. The zero-order chi connectivity index (χ0) is 10.7. The first-order chi connectivity index (χ1) is 7.27. The molecule has 1 aromatic carbocycles. The van der Waals surface area contributed by atoms with Crippen LogP contribution in [0.15, 0.2) is 35.9 Å². The molecule has 1 aliphatic rings. The molecule has 1 heterocycles. The number of rotatable bonds is 3. The average molecular weight is 224 g/mol. The van der Waals surface area contributed by atoms with Gasteiger partial charge in [-0.05, 0) is 6.07 Å². The predicted octanol–water partition coefficient (Wildman–Crippen LogP) is 2.85. The summed E-state index contributed by atoms with van der Waals surface area (Å²) >= 11 is 5.74. The fourth-order valence-electron chi connectivity index (χ4n) is 1.79. The van der Waals surface area contributed by atoms with E-state index in [-0.39, 0.29) is 0 Å². The SMILES string of the molecule is C=C(Cl)CNC1CCOc2ccccc21. The van der Waals surface area contributed by atoms with Crippen molar-refractivity contribution >= 4 is 11.6 Å². The number of ether oxygens (including phenoxy) is 1. The molecular formula is C12H14ClNO. The molecule has 0 radical (unpaired) electrons. The molecule has 80 valence electrons. The average Bonchev–Trinajstić information content (AvgIpc) is 2.26. The number of hydrogen-bond acceptors (Lipinski definition) is 2. The van der Waals surface area contributed by atoms with Crippen LogP contribution in [-0.4, -0.2) is 13.2 Å². The van der Waals surface area contributed by atoms with E-state index in [0.717, 1.165) is 18.8 Å². The fraction of sp³-hybridized carbons (Fsp3) is 0.333. The van der Waals surface area contributed by atoms with Crippen LogP contribution in [0.25, 0.3) is 0 Å². The first-order valence-electron chi connectivity index (χ1n) is 5.06. The second-order valence-electron chi connectivity index (χ2n) is 3.63. The van der Waals surface area contributed by atoms with E-state index in [1.165, 1.54) is 5.56 Å². The van der Waals surface area contributed by atoms with Gasteiger partial charge in [0, 0.05) is 29.6 Å². The molecule has 0 saturated heterocycles. The lowest BCUT2D eigenvalue weighted by molar-refractivity contribution is 0.255. The minimum Gasteiger partial charge on any atom is -0.493 e. The van der Waals surface area contributed by atoms with Crippen molar-refractivity contribution in [3.63, 3.8) is 0 Å². The van der Waals surface area contributed by atoms with Gasteiger partial charge in [-0.3, -0.25) is 0 Å². The number of benzene rings is 1. The van der Waals surface area contributed by atoms with Gasteiger partial charge in [0.2, 0.25) is 0 Å². The van der Waals surface area contributed by atoms with Crippen LogP contribution in [-0.2, 0) is 0 Å². The van der Waals surface area contributed by atoms with E-state index in [9.17, 15) is 0 Å². The van der Waals surface area contributed by atoms with E-state index in [1.54, 1.807) is 0 Å². The van der Waals surface area contributed by atoms with E-state index in [2.05, 4.69) is 18.0 Å². The first kappa shape index (κ1) is 10.5. The van der Waals surface area contributed by atoms with Crippen molar-refractivity contribution in [2.45, 2.75) is 12.5 Å². The standard InChI is InChI=1S/C12H14ClNO/c1-9(13)8-14-11-6-7-15-12-5-3-2-4-10(11)12/h2-5,11,14H,1,6-8H2. The lowest BCUT2D eigenvalue weighted by Gasteiger charge is -2.26. The Kier molecular flexibility index (Phi) is 3.29. The molecule has 2 nitrogen and oxygen atoms in total. The molecule has 0 amide bonds. The summed E-state index contributed by atoms with van der Waals surface area (Å²) in [5.74, 6) is 0.974. The third-order valence-corrected chi connectivity index (χ3v) is 2.63. The number of para-hydroxylation sites is 1. The summed E-state index contributed by atoms with van der Waals surface area (Å²) < 4.78 is 5.57. The van der Waals surface area contributed by atoms with Crippen LogP contribution < -0.4 is 10.1 Å². The molecule has 0 saturated carbocycles. The van der Waals surface area contributed by atoms with Crippen molar-refractivity contribution in [2.24, 2.45) is 0 Å². The van der Waals surface area contributed by atoms with Crippen molar-refractivity contribution in [1.82, 2.24) is 5.32 Å². The summed E-state index contributed by atoms with van der Waals surface area (Å²) in [6, 6.07) is 8.42. The van der Waals surface area contributed by atoms with Crippen molar-refractivity contribution in [2.75, 3.05) is 13.2 Å². The van der Waals surface area contributed by atoms with Gasteiger partial charge in [-0.15, -0.1) is 0 Å². The Morgan fingerprint density at radius 3 is 3.13 bits per heavy atom. The Labute approximate surface area is 94.9 Å². The van der Waals surface area contributed by atoms with Gasteiger partial charge in [0.15, 0.2) is 0 Å². The molecule has 1 N–H and O–H groups in total. The summed E-state index contributed by atoms with van der Waals surface area (Å²) in [5.41, 5.74) is 1.21. The van der Waals surface area contributed by atoms with Gasteiger partial charge in [0.1, 0.15) is 5.75 Å². The highest BCUT2D eigenvalue weighted by Gasteiger charge is 2.19. The molecule has 2 rings (SSSR count). The Bertz CT molecular complexity index is 364. The highest BCUT2D eigenvalue weighted by molar-refractivity contribution is 6.29. The van der Waals surface area contributed by atoms with Crippen molar-refractivity contribution in [3.8, 4) is 5.75 Å². The van der Waals surface area contributed by atoms with E-state index in [4.69, 9.17) is 16.3 Å². The van der Waals surface area contributed by atoms with Crippen LogP contribution in [0.4, 0.5) is 0 Å². The van der Waals surface area contributed by atoms with E-state index < -0.39 is 0 Å². The molecule has 0 bridgehead atoms. The molecule has 0 spiro atoms. The number of halogens is 1. The van der Waals surface area contributed by atoms with Gasteiger partial charge in [-0.2, -0.15) is 0 Å². The Hall–Kier alpha value is -0.990. The van der Waals surface area contributed by atoms with Crippen molar-refractivity contribution in [3.05, 3.63) is 41.4 Å². The van der Waals surface area contributed by atoms with Crippen LogP contribution in [0.5, 0.6) is 5.75 Å². The van der Waals surface area contributed by atoms with Gasteiger partial charge in [0.05, 0.1) is 6.61 Å². The minimum atomic E-state index is 0.324. The van der Waals surface area contributed by atoms with E-state index in [0.29, 0.717) is 17.6 Å². The smallest absolute Gasteiger partial charge is 0.124 e. The molecule has 15 heavy (non-hydrogen) atoms. The maximum atomic E-state index is 5.74. The Morgan fingerprint density at radius 2 is 2.33 bits per heavy atom. The van der Waals surface area contributed by atoms with E-state index in [1.807, 2.05) is 18.2 Å². The second kappa shape index (κ2) is 4.69. The van der Waals surface area contributed by atoms with Gasteiger partial charge in [-0.1, -0.05) is 36.4 Å². The normalized spacial score (nSPS) is 19.1. The summed E-state index contributed by atoms with van der Waals surface area (Å²) in [4.78, 5) is 0. The van der Waals surface area contributed by atoms with Gasteiger partial charge < -0.3 is 10.1 Å². The van der Waals surface area contributed by atoms with Crippen LogP contribution in [0.2, 0.25) is 0 Å². The second-order valence-corrected chi connectivity index (χ2v) is 4.16. The lowest BCUT2D eigenvalue weighted by atomic mass is 10.0. The lowest BCUT2D eigenvalue weighted by Crippen LogP contribution is -2.27. The molecule has 1 aromatic rings. The fourth-order valence-corrected chi connectivity index (χ4v) is 1.87. The van der Waals surface area contributed by atoms with Crippen LogP contribution in [0.3, 0.4) is 0 Å². The summed E-state index contributed by atoms with van der Waals surface area (Å²) in [7, 11) is 0. The summed E-state index contributed by atoms with van der Waals surface area (Å²) in [5, 5.41) is 4.00. The molecule has 0 aromatic heterocycles. The minimum absolute atomic E-state index is 0.324. The highest BCUT2D eigenvalue weighted by Crippen LogP contribution is 2.31. The topological polar surface area (TPSA) is 21.3 Å². The molecule has 0 aliphatic carbocycles. The van der Waals surface area contributed by atoms with Crippen molar-refractivity contribution < 1.29 is 4.74 Å². The molecule has 1 aliphatic heterocycles. The van der Waals surface area contributed by atoms with Gasteiger partial charge in [-0.25, -0.2) is 0 Å². The van der Waals surface area contributed by atoms with Gasteiger partial charge >= 0.3 is 0 Å². The Morgan fingerprint density at radius 1 is 1.53 bits per heavy atom. The maximum absolute atomic E-state index is 5.74. The van der Waals surface area contributed by atoms with Gasteiger partial charge in [0.25, 0.3) is 0 Å². The van der Waals surface area contributed by atoms with Crippen LogP contribution in [0, 0.1) is 0 Å². The third-order valence-electron chi connectivity index (χ3n) is 2.50. The first-order valence-corrected chi connectivity index (χ1v) is 5.43. The highest BCUT2D eigenvalue weighted by atomic mass is 35.5. The Balaban J connectivity index is 2.11. The van der Waals surface area contributed by atoms with E-state index >= 15 is 0 Å². The predicted molar refractivity (Wildman–Crippen MR) is 62.3 cm³/mol. The van der Waals surface area contributed by atoms with Crippen LogP contribution >= 0.6 is 11.6 Å². The summed E-state index contributed by atoms with van der Waals surface area (Å²) in [6.07, 6.45) is 0.973. The molecule has 3 heteroatoms. The zero-order valence-corrected chi connectivity index (χ0v) is 9.26. The number of hydrogen-bond donors (Lipinski definition) is 1. The summed E-state index contributed by atoms with van der Waals surface area (Å²) in [6.45, 7) is 5.06. The zero-order valence-electron chi connectivity index (χ0n) is 8.50. The van der Waals surface area contributed by atoms with Crippen LogP contribution in [0.1, 0.15) is 18.0 Å². The third kappa shape index (κ3) is 2.52. The van der Waals surface area contributed by atoms with Crippen molar-refractivity contribution in [1.29, 1.82) is 0 Å². The largest absolute Gasteiger partial charge is 0.493 e. The quantitative estimate of drug-likeness (QED) is 0.851. The number of nitrogens with one attached hydrogen (secondary N) is 1. The maximum Gasteiger partial charge on any atom is 0.124 e. The molecule has 0 fully saturated rings.